The van der Waals surface area contributed by atoms with Gasteiger partial charge in [0.25, 0.3) is 5.89 Å². The topological polar surface area (TPSA) is 69.6 Å². The van der Waals surface area contributed by atoms with Gasteiger partial charge in [-0.25, -0.2) is 13.5 Å². The molecule has 2 heterocycles. The molecule has 0 radical (unpaired) electrons. The zero-order valence-electron chi connectivity index (χ0n) is 12.1. The molecule has 118 valence electrons. The summed E-state index contributed by atoms with van der Waals surface area (Å²) in [6.45, 7) is 0. The van der Waals surface area contributed by atoms with Crippen molar-refractivity contribution in [3.63, 3.8) is 0 Å². The number of aromatic nitrogens is 5. The molecule has 6 nitrogen and oxygen atoms in total. The van der Waals surface area contributed by atoms with Crippen LogP contribution in [-0.4, -0.2) is 25.1 Å². The molecule has 0 unspecified atom stereocenters. The van der Waals surface area contributed by atoms with Gasteiger partial charge < -0.3 is 4.52 Å². The zero-order valence-corrected chi connectivity index (χ0v) is 12.1. The van der Waals surface area contributed by atoms with Crippen molar-refractivity contribution in [1.29, 1.82) is 0 Å². The maximum absolute atomic E-state index is 13.3. The van der Waals surface area contributed by atoms with E-state index < -0.39 is 0 Å². The van der Waals surface area contributed by atoms with Gasteiger partial charge in [0, 0.05) is 5.56 Å². The van der Waals surface area contributed by atoms with Crippen LogP contribution < -0.4 is 0 Å². The average molecular weight is 325 g/mol. The molecule has 2 aromatic carbocycles. The van der Waals surface area contributed by atoms with Crippen molar-refractivity contribution in [3.8, 4) is 28.7 Å². The van der Waals surface area contributed by atoms with E-state index in [2.05, 4.69) is 20.5 Å². The Kier molecular flexibility index (Phi) is 3.34. The highest BCUT2D eigenvalue weighted by atomic mass is 19.1. The molecule has 0 aliphatic rings. The molecule has 0 aliphatic carbocycles. The van der Waals surface area contributed by atoms with Gasteiger partial charge in [0.15, 0.2) is 5.69 Å². The lowest BCUT2D eigenvalue weighted by atomic mass is 10.2. The van der Waals surface area contributed by atoms with E-state index in [1.165, 1.54) is 41.1 Å². The Balaban J connectivity index is 1.65. The second-order valence-electron chi connectivity index (χ2n) is 4.96. The molecule has 0 atom stereocenters. The lowest BCUT2D eigenvalue weighted by Crippen LogP contribution is -1.94. The molecule has 0 N–H and O–H groups in total. The van der Waals surface area contributed by atoms with Gasteiger partial charge in [-0.3, -0.25) is 0 Å². The van der Waals surface area contributed by atoms with E-state index in [1.807, 2.05) is 0 Å². The van der Waals surface area contributed by atoms with Gasteiger partial charge in [-0.2, -0.15) is 4.98 Å². The molecule has 0 fully saturated rings. The second-order valence-corrected chi connectivity index (χ2v) is 4.96. The van der Waals surface area contributed by atoms with E-state index in [0.29, 0.717) is 16.9 Å². The summed E-state index contributed by atoms with van der Waals surface area (Å²) in [4.78, 5) is 4.21. The number of hydrogen-bond donors (Lipinski definition) is 0. The third kappa shape index (κ3) is 2.65. The number of hydrogen-bond acceptors (Lipinski definition) is 5. The van der Waals surface area contributed by atoms with Crippen LogP contribution in [-0.2, 0) is 0 Å². The van der Waals surface area contributed by atoms with Crippen LogP contribution in [0.2, 0.25) is 0 Å². The highest BCUT2D eigenvalue weighted by Crippen LogP contribution is 2.21. The van der Waals surface area contributed by atoms with Crippen molar-refractivity contribution in [3.05, 3.63) is 66.4 Å². The monoisotopic (exact) mass is 325 g/mol. The van der Waals surface area contributed by atoms with E-state index in [9.17, 15) is 8.78 Å². The quantitative estimate of drug-likeness (QED) is 0.578. The first-order valence-corrected chi connectivity index (χ1v) is 6.97. The smallest absolute Gasteiger partial charge is 0.258 e. The fraction of sp³-hybridized carbons (Fsp3) is 0. The Morgan fingerprint density at radius 3 is 2.58 bits per heavy atom. The average Bonchev–Trinajstić information content (AvgIpc) is 3.25. The summed E-state index contributed by atoms with van der Waals surface area (Å²) < 4.78 is 32.8. The summed E-state index contributed by atoms with van der Waals surface area (Å²) in [7, 11) is 0. The molecular weight excluding hydrogens is 316 g/mol. The fourth-order valence-electron chi connectivity index (χ4n) is 2.15. The van der Waals surface area contributed by atoms with Gasteiger partial charge in [-0.15, -0.1) is 5.10 Å². The largest absolute Gasteiger partial charge is 0.334 e. The Hall–Kier alpha value is -3.42. The van der Waals surface area contributed by atoms with Gasteiger partial charge in [0.2, 0.25) is 5.82 Å². The van der Waals surface area contributed by atoms with Crippen molar-refractivity contribution in [2.24, 2.45) is 0 Å². The van der Waals surface area contributed by atoms with E-state index in [0.717, 1.165) is 0 Å². The van der Waals surface area contributed by atoms with Crippen LogP contribution in [0.5, 0.6) is 0 Å². The van der Waals surface area contributed by atoms with E-state index in [-0.39, 0.29) is 23.3 Å². The van der Waals surface area contributed by atoms with Crippen LogP contribution in [0.4, 0.5) is 8.78 Å². The molecule has 0 aliphatic heterocycles. The minimum absolute atomic E-state index is 0.233. The van der Waals surface area contributed by atoms with Gasteiger partial charge in [0.05, 0.1) is 11.9 Å². The van der Waals surface area contributed by atoms with Gasteiger partial charge in [-0.05, 0) is 42.5 Å². The molecule has 0 saturated heterocycles. The van der Waals surface area contributed by atoms with Crippen molar-refractivity contribution in [2.75, 3.05) is 0 Å². The molecule has 24 heavy (non-hydrogen) atoms. The summed E-state index contributed by atoms with van der Waals surface area (Å²) >= 11 is 0. The standard InChI is InChI=1S/C16H9F2N5O/c17-11-6-4-10(5-7-11)16-19-15(21-24-16)14-9-23(22-20-14)13-3-1-2-12(18)8-13/h1-9H. The summed E-state index contributed by atoms with van der Waals surface area (Å²) in [6.07, 6.45) is 1.56. The summed E-state index contributed by atoms with van der Waals surface area (Å²) in [5.74, 6) is -0.249. The second kappa shape index (κ2) is 5.65. The third-order valence-corrected chi connectivity index (χ3v) is 3.31. The molecule has 0 bridgehead atoms. The summed E-state index contributed by atoms with van der Waals surface area (Å²) in [6, 6.07) is 11.6. The normalized spacial score (nSPS) is 10.9. The molecule has 0 saturated carbocycles. The maximum Gasteiger partial charge on any atom is 0.258 e. The number of halogens is 2. The van der Waals surface area contributed by atoms with Crippen LogP contribution in [0.15, 0.2) is 59.3 Å². The van der Waals surface area contributed by atoms with Gasteiger partial charge in [0.1, 0.15) is 11.6 Å². The van der Waals surface area contributed by atoms with Crippen LogP contribution in [0.25, 0.3) is 28.7 Å². The van der Waals surface area contributed by atoms with Crippen molar-refractivity contribution < 1.29 is 13.3 Å². The van der Waals surface area contributed by atoms with Crippen molar-refractivity contribution in [2.45, 2.75) is 0 Å². The number of rotatable bonds is 3. The maximum atomic E-state index is 13.3. The first-order valence-electron chi connectivity index (χ1n) is 6.97. The predicted octanol–water partition coefficient (Wildman–Crippen LogP) is 3.26. The van der Waals surface area contributed by atoms with Crippen LogP contribution in [0, 0.1) is 11.6 Å². The van der Waals surface area contributed by atoms with Crippen LogP contribution >= 0.6 is 0 Å². The number of benzene rings is 2. The Morgan fingerprint density at radius 1 is 0.958 bits per heavy atom. The molecule has 0 amide bonds. The fourth-order valence-corrected chi connectivity index (χ4v) is 2.15. The highest BCUT2D eigenvalue weighted by molar-refractivity contribution is 5.56. The van der Waals surface area contributed by atoms with E-state index in [4.69, 9.17) is 4.52 Å². The highest BCUT2D eigenvalue weighted by Gasteiger charge is 2.14. The van der Waals surface area contributed by atoms with Gasteiger partial charge in [-0.1, -0.05) is 16.4 Å². The lowest BCUT2D eigenvalue weighted by Gasteiger charge is -1.98. The summed E-state index contributed by atoms with van der Waals surface area (Å²) in [5, 5.41) is 11.7. The van der Waals surface area contributed by atoms with Crippen LogP contribution in [0.1, 0.15) is 0 Å². The lowest BCUT2D eigenvalue weighted by molar-refractivity contribution is 0.432. The first-order chi connectivity index (χ1) is 11.7. The van der Waals surface area contributed by atoms with Crippen LogP contribution in [0.3, 0.4) is 0 Å². The molecule has 4 rings (SSSR count). The van der Waals surface area contributed by atoms with Crippen molar-refractivity contribution >= 4 is 0 Å². The van der Waals surface area contributed by atoms with Gasteiger partial charge >= 0.3 is 0 Å². The number of nitrogens with zero attached hydrogens (tertiary/aromatic N) is 5. The Labute approximate surface area is 134 Å². The Morgan fingerprint density at radius 2 is 1.79 bits per heavy atom. The zero-order chi connectivity index (χ0) is 16.5. The van der Waals surface area contributed by atoms with Crippen molar-refractivity contribution in [1.82, 2.24) is 25.1 Å². The molecule has 4 aromatic rings. The third-order valence-electron chi connectivity index (χ3n) is 3.31. The summed E-state index contributed by atoms with van der Waals surface area (Å²) in [5.41, 5.74) is 1.49. The van der Waals surface area contributed by atoms with E-state index >= 15 is 0 Å². The minimum atomic E-state index is -0.372. The predicted molar refractivity (Wildman–Crippen MR) is 80.0 cm³/mol. The first kappa shape index (κ1) is 14.2. The minimum Gasteiger partial charge on any atom is -0.334 e. The molecule has 0 spiro atoms. The van der Waals surface area contributed by atoms with E-state index in [1.54, 1.807) is 18.3 Å². The molecule has 8 heteroatoms. The SMILES string of the molecule is Fc1ccc(-c2nc(-c3cn(-c4cccc(F)c4)nn3)no2)cc1. The molecular formula is C16H9F2N5O. The molecule has 2 aromatic heterocycles. The Bertz CT molecular complexity index is 994.